The second-order valence-electron chi connectivity index (χ2n) is 12.6. The van der Waals surface area contributed by atoms with E-state index in [0.29, 0.717) is 0 Å². The minimum absolute atomic E-state index is 0. The Balaban J connectivity index is 0.000000204. The van der Waals surface area contributed by atoms with Gasteiger partial charge in [0, 0.05) is 60.3 Å². The predicted octanol–water partition coefficient (Wildman–Crippen LogP) is 10.9. The van der Waals surface area contributed by atoms with Crippen molar-refractivity contribution < 1.29 is 24.5 Å². The fourth-order valence-corrected chi connectivity index (χ4v) is 7.45. The van der Waals surface area contributed by atoms with Gasteiger partial charge in [-0.05, 0) is 48.5 Å². The maximum absolute atomic E-state index is 6.80. The zero-order valence-corrected chi connectivity index (χ0v) is 29.6. The molecule has 11 aromatic rings. The van der Waals surface area contributed by atoms with E-state index < -0.39 is 0 Å². The number of benzene rings is 6. The molecule has 0 atom stereocenters. The summed E-state index contributed by atoms with van der Waals surface area (Å²) in [6.07, 6.45) is 1.87. The van der Waals surface area contributed by atoms with Crippen molar-refractivity contribution in [3.05, 3.63) is 151 Å². The summed E-state index contributed by atoms with van der Waals surface area (Å²) in [5.74, 6) is 0.885. The second kappa shape index (κ2) is 11.7. The van der Waals surface area contributed by atoms with Crippen molar-refractivity contribution in [1.29, 1.82) is 0 Å². The average Bonchev–Trinajstić information content (AvgIpc) is 3.90. The van der Waals surface area contributed by atoms with Crippen LogP contribution >= 0.6 is 0 Å². The molecule has 0 bridgehead atoms. The SMILES string of the molecule is Cc1ccc(-c2[c-]cccc2)nc1.Cn1c(-c2[c-]cccc2)nc2ccc3c4ccc5c(c6cccc7c8ccccc8n5c76)c4oc3c21.[Ir]. The van der Waals surface area contributed by atoms with Crippen molar-refractivity contribution in [2.24, 2.45) is 7.05 Å². The number of imidazole rings is 1. The molecule has 0 aliphatic rings. The van der Waals surface area contributed by atoms with Gasteiger partial charge in [0.2, 0.25) is 0 Å². The number of fused-ring (bicyclic) bond motifs is 12. The van der Waals surface area contributed by atoms with Crippen molar-refractivity contribution >= 4 is 71.1 Å². The maximum Gasteiger partial charge on any atom is 0.160 e. The molecular formula is C44H28IrN4O-2. The Morgan fingerprint density at radius 2 is 1.32 bits per heavy atom. The number of para-hydroxylation sites is 2. The molecule has 11 rings (SSSR count). The Morgan fingerprint density at radius 3 is 2.10 bits per heavy atom. The second-order valence-corrected chi connectivity index (χ2v) is 12.6. The number of rotatable bonds is 2. The summed E-state index contributed by atoms with van der Waals surface area (Å²) in [7, 11) is 2.06. The van der Waals surface area contributed by atoms with Crippen LogP contribution in [0.1, 0.15) is 5.56 Å². The number of aryl methyl sites for hydroxylation is 2. The van der Waals surface area contributed by atoms with E-state index in [1.807, 2.05) is 67.7 Å². The zero-order chi connectivity index (χ0) is 32.6. The third-order valence-electron chi connectivity index (χ3n) is 9.67. The van der Waals surface area contributed by atoms with E-state index >= 15 is 0 Å². The van der Waals surface area contributed by atoms with Gasteiger partial charge in [-0.1, -0.05) is 48.5 Å². The molecule has 5 nitrogen and oxygen atoms in total. The molecule has 0 spiro atoms. The average molecular weight is 821 g/mol. The first-order valence-corrected chi connectivity index (χ1v) is 16.4. The van der Waals surface area contributed by atoms with E-state index in [4.69, 9.17) is 9.40 Å². The van der Waals surface area contributed by atoms with Crippen molar-refractivity contribution in [2.45, 2.75) is 6.92 Å². The molecule has 5 aromatic heterocycles. The van der Waals surface area contributed by atoms with Crippen LogP contribution < -0.4 is 0 Å². The van der Waals surface area contributed by atoms with E-state index in [-0.39, 0.29) is 20.1 Å². The Kier molecular flexibility index (Phi) is 7.06. The Bertz CT molecular complexity index is 2990. The summed E-state index contributed by atoms with van der Waals surface area (Å²) in [5.41, 5.74) is 11.6. The minimum Gasteiger partial charge on any atom is -0.453 e. The van der Waals surface area contributed by atoms with Crippen LogP contribution in [0.4, 0.5) is 0 Å². The molecule has 241 valence electrons. The molecule has 0 unspecified atom stereocenters. The first-order chi connectivity index (χ1) is 24.2. The van der Waals surface area contributed by atoms with E-state index in [2.05, 4.69) is 106 Å². The molecule has 50 heavy (non-hydrogen) atoms. The number of furan rings is 1. The van der Waals surface area contributed by atoms with Gasteiger partial charge in [0.15, 0.2) is 5.58 Å². The van der Waals surface area contributed by atoms with E-state index in [1.54, 1.807) is 0 Å². The summed E-state index contributed by atoms with van der Waals surface area (Å²) < 4.78 is 11.3. The Hall–Kier alpha value is -5.81. The normalized spacial score (nSPS) is 11.6. The predicted molar refractivity (Wildman–Crippen MR) is 200 cm³/mol. The molecule has 0 aliphatic carbocycles. The maximum atomic E-state index is 6.80. The van der Waals surface area contributed by atoms with Crippen LogP contribution in [0.3, 0.4) is 0 Å². The van der Waals surface area contributed by atoms with Crippen molar-refractivity contribution in [2.75, 3.05) is 0 Å². The Morgan fingerprint density at radius 1 is 0.600 bits per heavy atom. The molecular weight excluding hydrogens is 793 g/mol. The van der Waals surface area contributed by atoms with E-state index in [0.717, 1.165) is 55.6 Å². The van der Waals surface area contributed by atoms with Gasteiger partial charge < -0.3 is 18.4 Å². The number of pyridine rings is 1. The van der Waals surface area contributed by atoms with Crippen LogP contribution in [0, 0.1) is 19.1 Å². The van der Waals surface area contributed by atoms with Gasteiger partial charge in [0.1, 0.15) is 11.1 Å². The molecule has 0 saturated carbocycles. The van der Waals surface area contributed by atoms with E-state index in [9.17, 15) is 0 Å². The number of aromatic nitrogens is 4. The standard InChI is InChI=1S/C32H18N3O.C12H10N.Ir/c1-34-29-24(33-32(34)18-8-3-2-4-9-18)16-14-22-21-15-17-26-27(30(21)36-31(22)29)23-12-7-11-20-19-10-5-6-13-25(19)35(26)28(20)23;1-10-7-8-12(13-9-10)11-5-3-2-4-6-11;/h2-8,10-17H,1H3;2-5,7-9H,1H3;/q2*-1;. The molecule has 0 fully saturated rings. The topological polar surface area (TPSA) is 48.3 Å². The van der Waals surface area contributed by atoms with Crippen LogP contribution in [0.5, 0.6) is 0 Å². The number of hydrogen-bond acceptors (Lipinski definition) is 3. The molecule has 6 aromatic carbocycles. The van der Waals surface area contributed by atoms with Gasteiger partial charge in [-0.3, -0.25) is 4.98 Å². The van der Waals surface area contributed by atoms with Crippen molar-refractivity contribution in [3.63, 3.8) is 0 Å². The van der Waals surface area contributed by atoms with Gasteiger partial charge in [-0.25, -0.2) is 0 Å². The number of nitrogens with zero attached hydrogens (tertiary/aromatic N) is 4. The molecule has 0 N–H and O–H groups in total. The van der Waals surface area contributed by atoms with Gasteiger partial charge in [-0.15, -0.1) is 71.8 Å². The molecule has 0 saturated heterocycles. The first kappa shape index (κ1) is 30.3. The largest absolute Gasteiger partial charge is 0.453 e. The van der Waals surface area contributed by atoms with Crippen LogP contribution in [-0.4, -0.2) is 18.9 Å². The van der Waals surface area contributed by atoms with Crippen LogP contribution in [-0.2, 0) is 27.2 Å². The molecule has 5 heterocycles. The van der Waals surface area contributed by atoms with Crippen molar-refractivity contribution in [3.8, 4) is 22.6 Å². The number of hydrogen-bond donors (Lipinski definition) is 0. The third-order valence-corrected chi connectivity index (χ3v) is 9.67. The van der Waals surface area contributed by atoms with E-state index in [1.165, 1.54) is 43.7 Å². The van der Waals surface area contributed by atoms with Gasteiger partial charge in [0.05, 0.1) is 33.3 Å². The summed E-state index contributed by atoms with van der Waals surface area (Å²) in [4.78, 5) is 9.25. The summed E-state index contributed by atoms with van der Waals surface area (Å²) >= 11 is 0. The summed E-state index contributed by atoms with van der Waals surface area (Å²) in [6, 6.07) is 50.3. The fourth-order valence-electron chi connectivity index (χ4n) is 7.45. The third kappa shape index (κ3) is 4.42. The van der Waals surface area contributed by atoms with Crippen LogP contribution in [0.15, 0.2) is 138 Å². The quantitative estimate of drug-likeness (QED) is 0.163. The van der Waals surface area contributed by atoms with Crippen LogP contribution in [0.25, 0.3) is 93.7 Å². The molecule has 6 heteroatoms. The van der Waals surface area contributed by atoms with Gasteiger partial charge in [0.25, 0.3) is 0 Å². The first-order valence-electron chi connectivity index (χ1n) is 16.4. The van der Waals surface area contributed by atoms with Gasteiger partial charge in [-0.2, -0.15) is 0 Å². The fraction of sp³-hybridized carbons (Fsp3) is 0.0455. The molecule has 0 aliphatic heterocycles. The summed E-state index contributed by atoms with van der Waals surface area (Å²) in [5, 5.41) is 7.20. The van der Waals surface area contributed by atoms with Crippen molar-refractivity contribution in [1.82, 2.24) is 18.9 Å². The Labute approximate surface area is 301 Å². The smallest absolute Gasteiger partial charge is 0.160 e. The van der Waals surface area contributed by atoms with Crippen LogP contribution in [0.2, 0.25) is 0 Å². The van der Waals surface area contributed by atoms with Gasteiger partial charge >= 0.3 is 0 Å². The molecule has 0 amide bonds. The summed E-state index contributed by atoms with van der Waals surface area (Å²) in [6.45, 7) is 2.03. The zero-order valence-electron chi connectivity index (χ0n) is 27.2. The minimum atomic E-state index is 0. The monoisotopic (exact) mass is 821 g/mol. The molecule has 1 radical (unpaired) electrons.